The van der Waals surface area contributed by atoms with E-state index in [1.165, 1.54) is 11.1 Å². The molecule has 1 amide bonds. The Labute approximate surface area is 142 Å². The number of carbonyl (C=O) groups is 1. The number of carbonyl (C=O) groups excluding carboxylic acids is 1. The van der Waals surface area contributed by atoms with E-state index in [1.54, 1.807) is 6.20 Å². The predicted molar refractivity (Wildman–Crippen MR) is 91.6 cm³/mol. The van der Waals surface area contributed by atoms with Crippen LogP contribution in [0.4, 0.5) is 0 Å². The SMILES string of the molecule is CC(NC(=O)c1ccc2c(c1)CNC2)c1ccccn1.Cl.Cl. The third kappa shape index (κ3) is 3.97. The minimum atomic E-state index is -0.102. The molecule has 1 atom stereocenters. The van der Waals surface area contributed by atoms with Gasteiger partial charge in [-0.1, -0.05) is 12.1 Å². The molecule has 4 nitrogen and oxygen atoms in total. The number of fused-ring (bicyclic) bond motifs is 1. The zero-order chi connectivity index (χ0) is 13.9. The van der Waals surface area contributed by atoms with Gasteiger partial charge in [-0.2, -0.15) is 0 Å². The minimum Gasteiger partial charge on any atom is -0.344 e. The molecule has 1 aliphatic heterocycles. The molecule has 0 aliphatic carbocycles. The molecule has 2 aromatic rings. The van der Waals surface area contributed by atoms with Crippen molar-refractivity contribution in [3.63, 3.8) is 0 Å². The van der Waals surface area contributed by atoms with E-state index in [4.69, 9.17) is 0 Å². The fourth-order valence-electron chi connectivity index (χ4n) is 2.42. The lowest BCUT2D eigenvalue weighted by Gasteiger charge is -2.13. The lowest BCUT2D eigenvalue weighted by Crippen LogP contribution is -2.27. The van der Waals surface area contributed by atoms with Crippen molar-refractivity contribution < 1.29 is 4.79 Å². The smallest absolute Gasteiger partial charge is 0.251 e. The first-order chi connectivity index (χ1) is 9.74. The average Bonchev–Trinajstić information content (AvgIpc) is 2.95. The van der Waals surface area contributed by atoms with E-state index in [9.17, 15) is 4.79 Å². The lowest BCUT2D eigenvalue weighted by atomic mass is 10.1. The zero-order valence-corrected chi connectivity index (χ0v) is 13.8. The topological polar surface area (TPSA) is 54.0 Å². The molecule has 118 valence electrons. The van der Waals surface area contributed by atoms with Crippen LogP contribution in [-0.4, -0.2) is 10.9 Å². The summed E-state index contributed by atoms with van der Waals surface area (Å²) in [7, 11) is 0. The van der Waals surface area contributed by atoms with Crippen molar-refractivity contribution in [2.24, 2.45) is 0 Å². The van der Waals surface area contributed by atoms with Gasteiger partial charge in [-0.15, -0.1) is 24.8 Å². The van der Waals surface area contributed by atoms with Crippen LogP contribution >= 0.6 is 24.8 Å². The van der Waals surface area contributed by atoms with Crippen LogP contribution in [0.3, 0.4) is 0 Å². The van der Waals surface area contributed by atoms with E-state index in [0.717, 1.165) is 18.8 Å². The van der Waals surface area contributed by atoms with E-state index in [2.05, 4.69) is 15.6 Å². The summed E-state index contributed by atoms with van der Waals surface area (Å²) in [6.45, 7) is 3.67. The minimum absolute atomic E-state index is 0. The number of benzene rings is 1. The summed E-state index contributed by atoms with van der Waals surface area (Å²) in [4.78, 5) is 16.5. The third-order valence-corrected chi connectivity index (χ3v) is 3.58. The molecular formula is C16H19Cl2N3O. The second kappa shape index (κ2) is 8.13. The van der Waals surface area contributed by atoms with Gasteiger partial charge in [0.15, 0.2) is 0 Å². The maximum Gasteiger partial charge on any atom is 0.251 e. The number of hydrogen-bond acceptors (Lipinski definition) is 3. The molecule has 0 bridgehead atoms. The van der Waals surface area contributed by atoms with Crippen LogP contribution in [-0.2, 0) is 13.1 Å². The van der Waals surface area contributed by atoms with Gasteiger partial charge in [-0.3, -0.25) is 9.78 Å². The number of amides is 1. The number of aromatic nitrogens is 1. The van der Waals surface area contributed by atoms with Crippen LogP contribution in [0.25, 0.3) is 0 Å². The molecule has 1 unspecified atom stereocenters. The molecule has 1 aromatic carbocycles. The lowest BCUT2D eigenvalue weighted by molar-refractivity contribution is 0.0939. The number of nitrogens with one attached hydrogen (secondary N) is 2. The molecule has 1 aliphatic rings. The highest BCUT2D eigenvalue weighted by molar-refractivity contribution is 5.94. The normalized spacial score (nSPS) is 13.3. The monoisotopic (exact) mass is 339 g/mol. The number of rotatable bonds is 3. The predicted octanol–water partition coefficient (Wildman–Crippen LogP) is 3.02. The van der Waals surface area contributed by atoms with Crippen molar-refractivity contribution in [2.45, 2.75) is 26.1 Å². The Morgan fingerprint density at radius 1 is 1.18 bits per heavy atom. The summed E-state index contributed by atoms with van der Waals surface area (Å²) >= 11 is 0. The van der Waals surface area contributed by atoms with Gasteiger partial charge < -0.3 is 10.6 Å². The molecule has 6 heteroatoms. The van der Waals surface area contributed by atoms with Crippen LogP contribution in [0.15, 0.2) is 42.6 Å². The second-order valence-corrected chi connectivity index (χ2v) is 5.04. The molecular weight excluding hydrogens is 321 g/mol. The number of nitrogens with zero attached hydrogens (tertiary/aromatic N) is 1. The quantitative estimate of drug-likeness (QED) is 0.903. The Kier molecular flexibility index (Phi) is 6.81. The highest BCUT2D eigenvalue weighted by Crippen LogP contribution is 2.18. The van der Waals surface area contributed by atoms with Crippen LogP contribution < -0.4 is 10.6 Å². The van der Waals surface area contributed by atoms with Gasteiger partial charge in [-0.05, 0) is 42.3 Å². The number of halogens is 2. The van der Waals surface area contributed by atoms with Gasteiger partial charge in [0.2, 0.25) is 0 Å². The van der Waals surface area contributed by atoms with E-state index in [0.29, 0.717) is 5.56 Å². The van der Waals surface area contributed by atoms with Crippen LogP contribution in [0.5, 0.6) is 0 Å². The highest BCUT2D eigenvalue weighted by atomic mass is 35.5. The van der Waals surface area contributed by atoms with Crippen LogP contribution in [0.2, 0.25) is 0 Å². The Balaban J connectivity index is 0.00000121. The molecule has 0 saturated heterocycles. The molecule has 22 heavy (non-hydrogen) atoms. The maximum atomic E-state index is 12.3. The first kappa shape index (κ1) is 18.4. The van der Waals surface area contributed by atoms with Crippen LogP contribution in [0.1, 0.15) is 40.1 Å². The number of pyridine rings is 1. The highest BCUT2D eigenvalue weighted by Gasteiger charge is 2.15. The fraction of sp³-hybridized carbons (Fsp3) is 0.250. The molecule has 2 N–H and O–H groups in total. The summed E-state index contributed by atoms with van der Waals surface area (Å²) in [5.74, 6) is -0.0575. The summed E-state index contributed by atoms with van der Waals surface area (Å²) in [6.07, 6.45) is 1.74. The van der Waals surface area contributed by atoms with Crippen molar-refractivity contribution >= 4 is 30.7 Å². The van der Waals surface area contributed by atoms with Gasteiger partial charge >= 0.3 is 0 Å². The Morgan fingerprint density at radius 2 is 1.95 bits per heavy atom. The molecule has 0 saturated carbocycles. The molecule has 1 aromatic heterocycles. The second-order valence-electron chi connectivity index (χ2n) is 5.04. The van der Waals surface area contributed by atoms with Crippen molar-refractivity contribution in [1.82, 2.24) is 15.6 Å². The average molecular weight is 340 g/mol. The van der Waals surface area contributed by atoms with E-state index >= 15 is 0 Å². The van der Waals surface area contributed by atoms with Crippen LogP contribution in [0, 0.1) is 0 Å². The summed E-state index contributed by atoms with van der Waals surface area (Å²) < 4.78 is 0. The maximum absolute atomic E-state index is 12.3. The number of hydrogen-bond donors (Lipinski definition) is 2. The van der Waals surface area contributed by atoms with E-state index < -0.39 is 0 Å². The summed E-state index contributed by atoms with van der Waals surface area (Å²) in [5, 5.41) is 6.26. The van der Waals surface area contributed by atoms with Gasteiger partial charge in [0, 0.05) is 24.8 Å². The van der Waals surface area contributed by atoms with Gasteiger partial charge in [0.25, 0.3) is 5.91 Å². The van der Waals surface area contributed by atoms with E-state index in [1.807, 2.05) is 43.3 Å². The Morgan fingerprint density at radius 3 is 2.68 bits per heavy atom. The van der Waals surface area contributed by atoms with Gasteiger partial charge in [0.1, 0.15) is 0 Å². The Bertz CT molecular complexity index is 635. The fourth-order valence-corrected chi connectivity index (χ4v) is 2.42. The molecule has 0 fully saturated rings. The van der Waals surface area contributed by atoms with Gasteiger partial charge in [-0.25, -0.2) is 0 Å². The summed E-state index contributed by atoms with van der Waals surface area (Å²) in [5.41, 5.74) is 4.06. The standard InChI is InChI=1S/C16H17N3O.2ClH/c1-11(15-4-2-3-7-18-15)19-16(20)12-5-6-13-9-17-10-14(13)8-12;;/h2-8,11,17H,9-10H2,1H3,(H,19,20);2*1H. The van der Waals surface area contributed by atoms with Crippen molar-refractivity contribution in [1.29, 1.82) is 0 Å². The molecule has 0 spiro atoms. The zero-order valence-electron chi connectivity index (χ0n) is 12.2. The molecule has 0 radical (unpaired) electrons. The van der Waals surface area contributed by atoms with Gasteiger partial charge in [0.05, 0.1) is 11.7 Å². The Hall–Kier alpha value is -1.62. The molecule has 2 heterocycles. The third-order valence-electron chi connectivity index (χ3n) is 3.58. The first-order valence-electron chi connectivity index (χ1n) is 6.78. The first-order valence-corrected chi connectivity index (χ1v) is 6.78. The largest absolute Gasteiger partial charge is 0.344 e. The molecule has 3 rings (SSSR count). The van der Waals surface area contributed by atoms with E-state index in [-0.39, 0.29) is 36.8 Å². The van der Waals surface area contributed by atoms with Crippen molar-refractivity contribution in [2.75, 3.05) is 0 Å². The van der Waals surface area contributed by atoms with Crippen molar-refractivity contribution in [3.05, 3.63) is 65.0 Å². The van der Waals surface area contributed by atoms with Crippen molar-refractivity contribution in [3.8, 4) is 0 Å². The summed E-state index contributed by atoms with van der Waals surface area (Å²) in [6, 6.07) is 11.5.